The molecule has 0 bridgehead atoms. The summed E-state index contributed by atoms with van der Waals surface area (Å²) in [5, 5.41) is 9.38. The van der Waals surface area contributed by atoms with E-state index < -0.39 is 0 Å². The molecule has 0 saturated heterocycles. The van der Waals surface area contributed by atoms with Crippen LogP contribution in [-0.4, -0.2) is 4.57 Å². The minimum Gasteiger partial charge on any atom is -0.309 e. The van der Waals surface area contributed by atoms with Crippen LogP contribution in [0.3, 0.4) is 0 Å². The van der Waals surface area contributed by atoms with E-state index in [1.807, 2.05) is 11.8 Å². The monoisotopic (exact) mass is 722 g/mol. The van der Waals surface area contributed by atoms with Crippen molar-refractivity contribution in [3.05, 3.63) is 180 Å². The third kappa shape index (κ3) is 4.22. The SMILES string of the molecule is C[C@@H]1Cc2c(n(-c3cccc(N4c5ccccc5Sc5ccccc54)c3)c3ccccc23)C2=C1c1cc3c4ccccc4c4ccccc4c3cc1C2(C)C. The van der Waals surface area contributed by atoms with Gasteiger partial charge in [0, 0.05) is 32.0 Å². The molecule has 0 radical (unpaired) electrons. The van der Waals surface area contributed by atoms with Gasteiger partial charge in [0.05, 0.1) is 22.6 Å². The molecule has 3 heteroatoms. The predicted molar refractivity (Wildman–Crippen MR) is 234 cm³/mol. The average molecular weight is 723 g/mol. The summed E-state index contributed by atoms with van der Waals surface area (Å²) < 4.78 is 2.60. The quantitative estimate of drug-likeness (QED) is 0.164. The normalized spacial score (nSPS) is 16.7. The highest BCUT2D eigenvalue weighted by atomic mass is 32.2. The molecule has 9 aromatic rings. The Kier molecular flexibility index (Phi) is 6.41. The Morgan fingerprint density at radius 1 is 0.545 bits per heavy atom. The Bertz CT molecular complexity index is 3110. The number of hydrogen-bond acceptors (Lipinski definition) is 2. The second kappa shape index (κ2) is 11.3. The molecule has 55 heavy (non-hydrogen) atoms. The number of benzene rings is 8. The van der Waals surface area contributed by atoms with Gasteiger partial charge in [0.2, 0.25) is 0 Å². The molecule has 1 aromatic heterocycles. The second-order valence-electron chi connectivity index (χ2n) is 16.1. The van der Waals surface area contributed by atoms with Crippen LogP contribution >= 0.6 is 11.8 Å². The van der Waals surface area contributed by atoms with Gasteiger partial charge in [0.25, 0.3) is 0 Å². The summed E-state index contributed by atoms with van der Waals surface area (Å²) in [6.45, 7) is 7.41. The molecule has 1 atom stereocenters. The lowest BCUT2D eigenvalue weighted by Gasteiger charge is -2.33. The fourth-order valence-electron chi connectivity index (χ4n) is 10.4. The van der Waals surface area contributed by atoms with Crippen LogP contribution in [0.2, 0.25) is 0 Å². The van der Waals surface area contributed by atoms with Gasteiger partial charge in [-0.25, -0.2) is 0 Å². The molecule has 0 unspecified atom stereocenters. The first kappa shape index (κ1) is 31.3. The van der Waals surface area contributed by atoms with Crippen molar-refractivity contribution < 1.29 is 0 Å². The number of fused-ring (bicyclic) bond motifs is 14. The Balaban J connectivity index is 1.12. The number of allylic oxidation sites excluding steroid dienone is 2. The van der Waals surface area contributed by atoms with Gasteiger partial charge in [0.15, 0.2) is 0 Å². The minimum atomic E-state index is -0.208. The number of para-hydroxylation sites is 3. The molecular weight excluding hydrogens is 685 g/mol. The smallest absolute Gasteiger partial charge is 0.0601 e. The maximum absolute atomic E-state index is 2.60. The van der Waals surface area contributed by atoms with Crippen LogP contribution in [0, 0.1) is 5.92 Å². The number of rotatable bonds is 2. The highest BCUT2D eigenvalue weighted by Crippen LogP contribution is 2.60. The fraction of sp³-hybridized carbons (Fsp3) is 0.115. The molecule has 0 saturated carbocycles. The molecule has 2 nitrogen and oxygen atoms in total. The summed E-state index contributed by atoms with van der Waals surface area (Å²) in [5.74, 6) is 0.386. The van der Waals surface area contributed by atoms with Crippen molar-refractivity contribution in [2.45, 2.75) is 42.4 Å². The van der Waals surface area contributed by atoms with Crippen LogP contribution in [0.4, 0.5) is 17.1 Å². The molecule has 2 heterocycles. The van der Waals surface area contributed by atoms with Gasteiger partial charge < -0.3 is 9.47 Å². The maximum Gasteiger partial charge on any atom is 0.0601 e. The van der Waals surface area contributed by atoms with Crippen LogP contribution in [0.5, 0.6) is 0 Å². The summed E-state index contributed by atoms with van der Waals surface area (Å²) in [6, 6.07) is 59.0. The van der Waals surface area contributed by atoms with E-state index in [1.54, 1.807) is 0 Å². The van der Waals surface area contributed by atoms with Gasteiger partial charge in [-0.1, -0.05) is 130 Å². The number of anilines is 3. The van der Waals surface area contributed by atoms with Crippen LogP contribution in [0.1, 0.15) is 43.2 Å². The lowest BCUT2D eigenvalue weighted by molar-refractivity contribution is 0.681. The molecule has 12 rings (SSSR count). The third-order valence-electron chi connectivity index (χ3n) is 12.7. The van der Waals surface area contributed by atoms with E-state index in [2.05, 4.69) is 188 Å². The van der Waals surface area contributed by atoms with Gasteiger partial charge in [-0.2, -0.15) is 0 Å². The lowest BCUT2D eigenvalue weighted by atomic mass is 9.74. The van der Waals surface area contributed by atoms with Crippen molar-refractivity contribution in [1.82, 2.24) is 4.57 Å². The van der Waals surface area contributed by atoms with Gasteiger partial charge in [-0.15, -0.1) is 0 Å². The van der Waals surface area contributed by atoms with E-state index in [0.717, 1.165) is 6.42 Å². The average Bonchev–Trinajstić information content (AvgIpc) is 3.67. The Hall–Kier alpha value is -6.03. The largest absolute Gasteiger partial charge is 0.309 e. The molecule has 0 spiro atoms. The van der Waals surface area contributed by atoms with Crippen molar-refractivity contribution in [3.8, 4) is 5.69 Å². The van der Waals surface area contributed by atoms with Gasteiger partial charge in [-0.3, -0.25) is 0 Å². The maximum atomic E-state index is 2.60. The molecule has 1 aliphatic heterocycles. The van der Waals surface area contributed by atoms with Crippen LogP contribution in [-0.2, 0) is 11.8 Å². The molecule has 0 amide bonds. The zero-order valence-electron chi connectivity index (χ0n) is 31.1. The van der Waals surface area contributed by atoms with E-state index in [4.69, 9.17) is 0 Å². The van der Waals surface area contributed by atoms with Gasteiger partial charge in [0.1, 0.15) is 0 Å². The van der Waals surface area contributed by atoms with E-state index >= 15 is 0 Å². The summed E-state index contributed by atoms with van der Waals surface area (Å²) >= 11 is 1.86. The molecule has 2 aliphatic carbocycles. The molecule has 3 aliphatic rings. The lowest BCUT2D eigenvalue weighted by Crippen LogP contribution is -2.22. The summed E-state index contributed by atoms with van der Waals surface area (Å²) in [4.78, 5) is 5.00. The van der Waals surface area contributed by atoms with E-state index in [9.17, 15) is 0 Å². The van der Waals surface area contributed by atoms with Crippen LogP contribution < -0.4 is 4.90 Å². The summed E-state index contributed by atoms with van der Waals surface area (Å²) in [6.07, 6.45) is 1.01. The topological polar surface area (TPSA) is 8.17 Å². The second-order valence-corrected chi connectivity index (χ2v) is 17.2. The van der Waals surface area contributed by atoms with Crippen molar-refractivity contribution >= 4 is 83.2 Å². The zero-order chi connectivity index (χ0) is 36.6. The van der Waals surface area contributed by atoms with Crippen molar-refractivity contribution in [3.63, 3.8) is 0 Å². The van der Waals surface area contributed by atoms with E-state index in [-0.39, 0.29) is 5.41 Å². The van der Waals surface area contributed by atoms with Crippen LogP contribution in [0.15, 0.2) is 168 Å². The number of nitrogens with zero attached hydrogens (tertiary/aromatic N) is 2. The fourth-order valence-corrected chi connectivity index (χ4v) is 11.5. The molecular formula is C52H38N2S. The van der Waals surface area contributed by atoms with E-state index in [0.29, 0.717) is 5.92 Å². The molecule has 262 valence electrons. The molecule has 8 aromatic carbocycles. The van der Waals surface area contributed by atoms with Crippen molar-refractivity contribution in [1.29, 1.82) is 0 Å². The Morgan fingerprint density at radius 3 is 1.76 bits per heavy atom. The summed E-state index contributed by atoms with van der Waals surface area (Å²) in [7, 11) is 0. The first-order valence-electron chi connectivity index (χ1n) is 19.5. The number of aromatic nitrogens is 1. The third-order valence-corrected chi connectivity index (χ3v) is 13.9. The first-order chi connectivity index (χ1) is 27.0. The number of hydrogen-bond donors (Lipinski definition) is 0. The highest BCUT2D eigenvalue weighted by Gasteiger charge is 2.45. The summed E-state index contributed by atoms with van der Waals surface area (Å²) in [5.41, 5.74) is 14.6. The standard InChI is InChI=1S/C52H38N2S/c1-31-27-41-38-21-8-9-22-44(38)54(33-16-14-15-32(28-33)53-45-23-10-12-25-47(45)55-48-26-13-11-24-46(48)53)51(41)50-49(31)42-29-39-36-19-6-4-17-34(36)35-18-5-7-20-37(35)40(39)30-43(42)52(50,2)3/h4-26,28-31H,27H2,1-3H3/t31-/m1/s1. The predicted octanol–water partition coefficient (Wildman–Crippen LogP) is 14.4. The van der Waals surface area contributed by atoms with Crippen LogP contribution in [0.25, 0.3) is 60.1 Å². The van der Waals surface area contributed by atoms with Crippen molar-refractivity contribution in [2.24, 2.45) is 5.92 Å². The highest BCUT2D eigenvalue weighted by molar-refractivity contribution is 7.99. The first-order valence-corrected chi connectivity index (χ1v) is 20.3. The Morgan fingerprint density at radius 2 is 1.09 bits per heavy atom. The molecule has 0 fully saturated rings. The van der Waals surface area contributed by atoms with Gasteiger partial charge >= 0.3 is 0 Å². The minimum absolute atomic E-state index is 0.208. The van der Waals surface area contributed by atoms with Gasteiger partial charge in [-0.05, 0) is 133 Å². The molecule has 0 N–H and O–H groups in total. The van der Waals surface area contributed by atoms with Crippen molar-refractivity contribution in [2.75, 3.05) is 4.90 Å². The van der Waals surface area contributed by atoms with E-state index in [1.165, 1.54) is 109 Å². The Labute approximate surface area is 325 Å². The zero-order valence-corrected chi connectivity index (χ0v) is 31.9.